The Morgan fingerprint density at radius 2 is 2.28 bits per heavy atom. The lowest BCUT2D eigenvalue weighted by Crippen LogP contribution is -2.41. The third-order valence-corrected chi connectivity index (χ3v) is 4.25. The van der Waals surface area contributed by atoms with Gasteiger partial charge in [-0.2, -0.15) is 0 Å². The van der Waals surface area contributed by atoms with Crippen LogP contribution in [0.25, 0.3) is 0 Å². The first-order chi connectivity index (χ1) is 8.54. The van der Waals surface area contributed by atoms with E-state index in [9.17, 15) is 9.59 Å². The predicted molar refractivity (Wildman–Crippen MR) is 76.3 cm³/mol. The van der Waals surface area contributed by atoms with E-state index in [1.54, 1.807) is 6.92 Å². The molecular weight excluding hydrogens is 316 g/mol. The molecule has 0 radical (unpaired) electrons. The highest BCUT2D eigenvalue weighted by Crippen LogP contribution is 2.40. The van der Waals surface area contributed by atoms with E-state index in [1.165, 1.54) is 16.7 Å². The number of carbonyl (C=O) groups excluding carboxylic acids is 2. The van der Waals surface area contributed by atoms with E-state index in [-0.39, 0.29) is 11.2 Å². The molecule has 0 fully saturated rings. The molecule has 96 valence electrons. The average molecular weight is 329 g/mol. The van der Waals surface area contributed by atoms with E-state index in [0.717, 1.165) is 16.9 Å². The standard InChI is InChI=1S/C12H13BrN2O2S/c1-7-11(16)15(12(13)17)9-6-8(4-5-14)2-3-10(9)18-7/h2-3,6-7H,4-5,14H2,1H3. The topological polar surface area (TPSA) is 63.4 Å². The van der Waals surface area contributed by atoms with Crippen LogP contribution in [-0.2, 0) is 11.2 Å². The summed E-state index contributed by atoms with van der Waals surface area (Å²) in [6, 6.07) is 5.78. The maximum atomic E-state index is 12.0. The smallest absolute Gasteiger partial charge is 0.300 e. The van der Waals surface area contributed by atoms with Gasteiger partial charge in [-0.1, -0.05) is 6.07 Å². The van der Waals surface area contributed by atoms with Gasteiger partial charge in [0.15, 0.2) is 0 Å². The molecule has 4 nitrogen and oxygen atoms in total. The first kappa shape index (κ1) is 13.6. The van der Waals surface area contributed by atoms with Crippen LogP contribution in [0.2, 0.25) is 0 Å². The number of nitrogens with two attached hydrogens (primary N) is 1. The largest absolute Gasteiger partial charge is 0.330 e. The number of benzene rings is 1. The molecule has 0 saturated carbocycles. The molecule has 2 amide bonds. The Bertz CT molecular complexity index is 507. The Morgan fingerprint density at radius 3 is 2.89 bits per heavy atom. The van der Waals surface area contributed by atoms with Crippen LogP contribution in [0.5, 0.6) is 0 Å². The molecular formula is C12H13BrN2O2S. The zero-order valence-electron chi connectivity index (χ0n) is 9.85. The first-order valence-corrected chi connectivity index (χ1v) is 7.25. The molecule has 1 aliphatic heterocycles. The van der Waals surface area contributed by atoms with Crippen molar-refractivity contribution in [2.45, 2.75) is 23.5 Å². The predicted octanol–water partition coefficient (Wildman–Crippen LogP) is 2.53. The van der Waals surface area contributed by atoms with Gasteiger partial charge in [-0.15, -0.1) is 11.8 Å². The van der Waals surface area contributed by atoms with Crippen molar-refractivity contribution in [3.8, 4) is 0 Å². The second kappa shape index (κ2) is 5.42. The van der Waals surface area contributed by atoms with Crippen LogP contribution in [0.3, 0.4) is 0 Å². The van der Waals surface area contributed by atoms with Crippen LogP contribution in [0, 0.1) is 0 Å². The highest BCUT2D eigenvalue weighted by Gasteiger charge is 2.34. The Morgan fingerprint density at radius 1 is 1.56 bits per heavy atom. The molecule has 0 saturated heterocycles. The highest BCUT2D eigenvalue weighted by atomic mass is 79.9. The van der Waals surface area contributed by atoms with Crippen molar-refractivity contribution >= 4 is 44.1 Å². The summed E-state index contributed by atoms with van der Waals surface area (Å²) in [5, 5.41) is -0.251. The summed E-state index contributed by atoms with van der Waals surface area (Å²) >= 11 is 4.34. The van der Waals surface area contributed by atoms with Crippen LogP contribution >= 0.6 is 27.7 Å². The van der Waals surface area contributed by atoms with Crippen molar-refractivity contribution in [2.75, 3.05) is 11.4 Å². The molecule has 1 aliphatic rings. The van der Waals surface area contributed by atoms with Gasteiger partial charge >= 0.3 is 4.82 Å². The van der Waals surface area contributed by atoms with Crippen LogP contribution < -0.4 is 10.6 Å². The minimum Gasteiger partial charge on any atom is -0.330 e. The molecule has 2 rings (SSSR count). The monoisotopic (exact) mass is 328 g/mol. The van der Waals surface area contributed by atoms with E-state index < -0.39 is 4.82 Å². The van der Waals surface area contributed by atoms with Gasteiger partial charge in [0.1, 0.15) is 0 Å². The van der Waals surface area contributed by atoms with Gasteiger partial charge in [-0.05, 0) is 37.6 Å². The van der Waals surface area contributed by atoms with E-state index in [2.05, 4.69) is 15.9 Å². The SMILES string of the molecule is CC1Sc2ccc(CCN)cc2N(C(=O)Br)C1=O. The van der Waals surface area contributed by atoms with Crippen molar-refractivity contribution < 1.29 is 9.59 Å². The number of amides is 2. The normalized spacial score (nSPS) is 18.7. The molecule has 1 aromatic carbocycles. The van der Waals surface area contributed by atoms with Crippen LogP contribution in [0.15, 0.2) is 23.1 Å². The molecule has 1 atom stereocenters. The molecule has 0 aliphatic carbocycles. The number of fused-ring (bicyclic) bond motifs is 1. The molecule has 0 aromatic heterocycles. The van der Waals surface area contributed by atoms with Crippen molar-refractivity contribution in [3.63, 3.8) is 0 Å². The molecule has 1 unspecified atom stereocenters. The molecule has 1 aromatic rings. The second-order valence-electron chi connectivity index (χ2n) is 4.03. The zero-order chi connectivity index (χ0) is 13.3. The number of anilines is 1. The molecule has 0 bridgehead atoms. The Kier molecular flexibility index (Phi) is 4.09. The fourth-order valence-electron chi connectivity index (χ4n) is 1.88. The summed E-state index contributed by atoms with van der Waals surface area (Å²) in [5.74, 6) is -0.195. The van der Waals surface area contributed by atoms with Gasteiger partial charge in [-0.25, -0.2) is 4.90 Å². The van der Waals surface area contributed by atoms with Gasteiger partial charge in [-0.3, -0.25) is 9.59 Å². The Labute approximate surface area is 118 Å². The maximum absolute atomic E-state index is 12.0. The molecule has 18 heavy (non-hydrogen) atoms. The van der Waals surface area contributed by atoms with Crippen LogP contribution in [0.1, 0.15) is 12.5 Å². The molecule has 1 heterocycles. The fraction of sp³-hybridized carbons (Fsp3) is 0.333. The first-order valence-electron chi connectivity index (χ1n) is 5.57. The van der Waals surface area contributed by atoms with E-state index in [4.69, 9.17) is 5.73 Å². The lowest BCUT2D eigenvalue weighted by Gasteiger charge is -2.29. The summed E-state index contributed by atoms with van der Waals surface area (Å²) in [7, 11) is 0. The van der Waals surface area contributed by atoms with Crippen LogP contribution in [-0.4, -0.2) is 22.5 Å². The van der Waals surface area contributed by atoms with E-state index in [0.29, 0.717) is 12.2 Å². The third-order valence-electron chi connectivity index (χ3n) is 2.74. The van der Waals surface area contributed by atoms with Gasteiger partial charge in [0.25, 0.3) is 0 Å². The van der Waals surface area contributed by atoms with Gasteiger partial charge < -0.3 is 5.73 Å². The lowest BCUT2D eigenvalue weighted by atomic mass is 10.1. The van der Waals surface area contributed by atoms with Gasteiger partial charge in [0, 0.05) is 20.8 Å². The number of thioether (sulfide) groups is 1. The van der Waals surface area contributed by atoms with Crippen molar-refractivity contribution in [1.82, 2.24) is 0 Å². The van der Waals surface area contributed by atoms with Crippen molar-refractivity contribution in [3.05, 3.63) is 23.8 Å². The number of carbonyl (C=O) groups is 2. The minimum atomic E-state index is -0.425. The summed E-state index contributed by atoms with van der Waals surface area (Å²) in [4.78, 5) is 25.3. The third kappa shape index (κ3) is 2.46. The number of hydrogen-bond acceptors (Lipinski definition) is 4. The average Bonchev–Trinajstić information content (AvgIpc) is 2.31. The van der Waals surface area contributed by atoms with Gasteiger partial charge in [0.2, 0.25) is 5.91 Å². The summed E-state index contributed by atoms with van der Waals surface area (Å²) < 4.78 is 0. The lowest BCUT2D eigenvalue weighted by molar-refractivity contribution is -0.117. The quantitative estimate of drug-likeness (QED) is 0.669. The zero-order valence-corrected chi connectivity index (χ0v) is 12.3. The number of imide groups is 1. The highest BCUT2D eigenvalue weighted by molar-refractivity contribution is 9.18. The molecule has 0 spiro atoms. The van der Waals surface area contributed by atoms with Crippen molar-refractivity contribution in [1.29, 1.82) is 0 Å². The number of nitrogens with zero attached hydrogens (tertiary/aromatic N) is 1. The molecule has 2 N–H and O–H groups in total. The fourth-order valence-corrected chi connectivity index (χ4v) is 3.25. The minimum absolute atomic E-state index is 0.195. The van der Waals surface area contributed by atoms with Gasteiger partial charge in [0.05, 0.1) is 10.9 Å². The number of rotatable bonds is 2. The van der Waals surface area contributed by atoms with E-state index >= 15 is 0 Å². The van der Waals surface area contributed by atoms with Crippen molar-refractivity contribution in [2.24, 2.45) is 5.73 Å². The summed E-state index contributed by atoms with van der Waals surface area (Å²) in [6.07, 6.45) is 0.728. The van der Waals surface area contributed by atoms with E-state index in [1.807, 2.05) is 18.2 Å². The Balaban J connectivity index is 2.48. The maximum Gasteiger partial charge on any atom is 0.300 e. The second-order valence-corrected chi connectivity index (χ2v) is 6.09. The summed E-state index contributed by atoms with van der Waals surface area (Å²) in [6.45, 7) is 2.34. The number of halogens is 1. The summed E-state index contributed by atoms with van der Waals surface area (Å²) in [5.41, 5.74) is 7.19. The van der Waals surface area contributed by atoms with Crippen LogP contribution in [0.4, 0.5) is 10.5 Å². The Hall–Kier alpha value is -0.850. The number of hydrogen-bond donors (Lipinski definition) is 1. The molecule has 6 heteroatoms.